The Morgan fingerprint density at radius 2 is 1.96 bits per heavy atom. The third-order valence-corrected chi connectivity index (χ3v) is 2.86. The normalized spacial score (nSPS) is 12.5. The molecule has 3 amide bonds. The summed E-state index contributed by atoms with van der Waals surface area (Å²) < 4.78 is 42.6. The molecule has 1 rings (SSSR count). The average Bonchev–Trinajstić information content (AvgIpc) is 2.52. The summed E-state index contributed by atoms with van der Waals surface area (Å²) in [6.07, 6.45) is -3.71. The zero-order chi connectivity index (χ0) is 19.0. The molecule has 0 radical (unpaired) electrons. The Hall–Kier alpha value is -2.84. The number of carbonyl (C=O) groups excluding carboxylic acids is 3. The van der Waals surface area contributed by atoms with Crippen molar-refractivity contribution in [2.75, 3.05) is 6.54 Å². The number of carbonyl (C=O) groups is 3. The van der Waals surface area contributed by atoms with E-state index in [4.69, 9.17) is 4.74 Å². The van der Waals surface area contributed by atoms with E-state index in [0.29, 0.717) is 6.54 Å². The van der Waals surface area contributed by atoms with Crippen LogP contribution in [0.4, 0.5) is 18.0 Å². The molecule has 1 aromatic rings. The van der Waals surface area contributed by atoms with Crippen LogP contribution in [0.5, 0.6) is 0 Å². The molecule has 25 heavy (non-hydrogen) atoms. The zero-order valence-corrected chi connectivity index (χ0v) is 13.5. The summed E-state index contributed by atoms with van der Waals surface area (Å²) >= 11 is 0. The van der Waals surface area contributed by atoms with Gasteiger partial charge in [0, 0.05) is 12.6 Å². The minimum atomic E-state index is -4.49. The van der Waals surface area contributed by atoms with Crippen LogP contribution >= 0.6 is 0 Å². The number of nitrogens with one attached hydrogen (secondary N) is 2. The van der Waals surface area contributed by atoms with Gasteiger partial charge in [-0.25, -0.2) is 9.59 Å². The number of alkyl halides is 3. The first kappa shape index (κ1) is 20.2. The van der Waals surface area contributed by atoms with Crippen molar-refractivity contribution < 1.29 is 32.3 Å². The topological polar surface area (TPSA) is 84.5 Å². The summed E-state index contributed by atoms with van der Waals surface area (Å²) in [5, 5.41) is 4.30. The maximum absolute atomic E-state index is 12.6. The lowest BCUT2D eigenvalue weighted by Gasteiger charge is -2.11. The molecule has 0 aliphatic heterocycles. The molecule has 0 bridgehead atoms. The first-order chi connectivity index (χ1) is 11.6. The van der Waals surface area contributed by atoms with Crippen LogP contribution in [0.2, 0.25) is 0 Å². The van der Waals surface area contributed by atoms with Gasteiger partial charge in [0.15, 0.2) is 6.10 Å². The summed E-state index contributed by atoms with van der Waals surface area (Å²) in [4.78, 5) is 34.4. The van der Waals surface area contributed by atoms with E-state index in [2.05, 4.69) is 5.32 Å². The molecule has 0 heterocycles. The van der Waals surface area contributed by atoms with E-state index < -0.39 is 35.8 Å². The number of hydrogen-bond acceptors (Lipinski definition) is 4. The largest absolute Gasteiger partial charge is 0.449 e. The number of halogens is 3. The van der Waals surface area contributed by atoms with Gasteiger partial charge < -0.3 is 10.1 Å². The molecule has 0 saturated heterocycles. The molecule has 1 atom stereocenters. The Balaban J connectivity index is 2.63. The fourth-order valence-electron chi connectivity index (χ4n) is 1.67. The minimum Gasteiger partial charge on any atom is -0.449 e. The summed E-state index contributed by atoms with van der Waals surface area (Å²) in [5.41, 5.74) is -0.705. The van der Waals surface area contributed by atoms with Crippen LogP contribution in [0.15, 0.2) is 30.3 Å². The monoisotopic (exact) mass is 358 g/mol. The molecule has 2 N–H and O–H groups in total. The molecule has 9 heteroatoms. The van der Waals surface area contributed by atoms with Crippen LogP contribution in [0.1, 0.15) is 25.0 Å². The fraction of sp³-hybridized carbons (Fsp3) is 0.312. The minimum absolute atomic E-state index is 0.145. The van der Waals surface area contributed by atoms with Crippen molar-refractivity contribution in [3.05, 3.63) is 41.5 Å². The number of imide groups is 1. The summed E-state index contributed by atoms with van der Waals surface area (Å²) in [6.45, 7) is 3.23. The van der Waals surface area contributed by atoms with Crippen LogP contribution in [0.25, 0.3) is 6.08 Å². The quantitative estimate of drug-likeness (QED) is 0.626. The van der Waals surface area contributed by atoms with E-state index in [1.54, 1.807) is 6.92 Å². The number of benzene rings is 1. The fourth-order valence-corrected chi connectivity index (χ4v) is 1.67. The van der Waals surface area contributed by atoms with Gasteiger partial charge in [-0.05, 0) is 37.6 Å². The number of ether oxygens (including phenoxy) is 1. The Labute approximate surface area is 142 Å². The second-order valence-electron chi connectivity index (χ2n) is 4.88. The van der Waals surface area contributed by atoms with E-state index in [-0.39, 0.29) is 5.56 Å². The van der Waals surface area contributed by atoms with Crippen molar-refractivity contribution in [1.82, 2.24) is 10.6 Å². The van der Waals surface area contributed by atoms with Crippen molar-refractivity contribution in [3.63, 3.8) is 0 Å². The number of urea groups is 1. The van der Waals surface area contributed by atoms with E-state index in [1.165, 1.54) is 19.1 Å². The summed E-state index contributed by atoms with van der Waals surface area (Å²) in [5.74, 6) is -1.76. The highest BCUT2D eigenvalue weighted by Gasteiger charge is 2.30. The number of amides is 3. The SMILES string of the molecule is CCNC(=O)NC(=O)[C@@H](C)OC(=O)/C=C/c1cccc(C(F)(F)F)c1. The van der Waals surface area contributed by atoms with Crippen LogP contribution in [-0.2, 0) is 20.5 Å². The highest BCUT2D eigenvalue weighted by Crippen LogP contribution is 2.29. The first-order valence-electron chi connectivity index (χ1n) is 7.28. The number of esters is 1. The van der Waals surface area contributed by atoms with Gasteiger partial charge in [-0.3, -0.25) is 10.1 Å². The van der Waals surface area contributed by atoms with E-state index in [0.717, 1.165) is 24.3 Å². The van der Waals surface area contributed by atoms with Gasteiger partial charge in [-0.2, -0.15) is 13.2 Å². The second-order valence-corrected chi connectivity index (χ2v) is 4.88. The predicted octanol–water partition coefficient (Wildman–Crippen LogP) is 2.50. The molecule has 0 fully saturated rings. The maximum Gasteiger partial charge on any atom is 0.416 e. The van der Waals surface area contributed by atoms with Gasteiger partial charge in [0.2, 0.25) is 0 Å². The van der Waals surface area contributed by atoms with Gasteiger partial charge >= 0.3 is 18.2 Å². The van der Waals surface area contributed by atoms with Gasteiger partial charge in [-0.1, -0.05) is 12.1 Å². The third kappa shape index (κ3) is 7.06. The Morgan fingerprint density at radius 3 is 2.56 bits per heavy atom. The van der Waals surface area contributed by atoms with Gasteiger partial charge in [0.1, 0.15) is 0 Å². The van der Waals surface area contributed by atoms with Crippen molar-refractivity contribution in [2.45, 2.75) is 26.1 Å². The number of rotatable bonds is 5. The standard InChI is InChI=1S/C16H17F3N2O4/c1-3-20-15(24)21-14(23)10(2)25-13(22)8-7-11-5-4-6-12(9-11)16(17,18)19/h4-10H,3H2,1-2H3,(H2,20,21,23,24)/b8-7+/t10-/m1/s1. The molecule has 0 spiro atoms. The van der Waals surface area contributed by atoms with Crippen molar-refractivity contribution >= 4 is 24.0 Å². The molecule has 0 aliphatic carbocycles. The molecule has 0 aromatic heterocycles. The van der Waals surface area contributed by atoms with Crippen LogP contribution in [0.3, 0.4) is 0 Å². The molecule has 0 saturated carbocycles. The highest BCUT2D eigenvalue weighted by atomic mass is 19.4. The molecule has 0 aliphatic rings. The lowest BCUT2D eigenvalue weighted by molar-refractivity contribution is -0.149. The Bertz CT molecular complexity index is 672. The lowest BCUT2D eigenvalue weighted by atomic mass is 10.1. The molecule has 136 valence electrons. The Morgan fingerprint density at radius 1 is 1.28 bits per heavy atom. The van der Waals surface area contributed by atoms with Crippen molar-refractivity contribution in [2.24, 2.45) is 0 Å². The smallest absolute Gasteiger partial charge is 0.416 e. The van der Waals surface area contributed by atoms with Crippen LogP contribution in [0, 0.1) is 0 Å². The van der Waals surface area contributed by atoms with Gasteiger partial charge in [0.25, 0.3) is 5.91 Å². The maximum atomic E-state index is 12.6. The Kier molecular flexibility index (Phi) is 7.16. The molecular weight excluding hydrogens is 341 g/mol. The zero-order valence-electron chi connectivity index (χ0n) is 13.5. The summed E-state index contributed by atoms with van der Waals surface area (Å²) in [6, 6.07) is 3.63. The highest BCUT2D eigenvalue weighted by molar-refractivity contribution is 5.98. The van der Waals surface area contributed by atoms with Crippen LogP contribution in [-0.4, -0.2) is 30.6 Å². The molecule has 6 nitrogen and oxygen atoms in total. The second kappa shape index (κ2) is 8.86. The molecular formula is C16H17F3N2O4. The summed E-state index contributed by atoms with van der Waals surface area (Å²) in [7, 11) is 0. The number of hydrogen-bond donors (Lipinski definition) is 2. The third-order valence-electron chi connectivity index (χ3n) is 2.86. The van der Waals surface area contributed by atoms with E-state index in [1.807, 2.05) is 5.32 Å². The van der Waals surface area contributed by atoms with E-state index >= 15 is 0 Å². The van der Waals surface area contributed by atoms with Crippen molar-refractivity contribution in [3.8, 4) is 0 Å². The lowest BCUT2D eigenvalue weighted by Crippen LogP contribution is -2.44. The molecule has 1 aromatic carbocycles. The van der Waals surface area contributed by atoms with Gasteiger partial charge in [-0.15, -0.1) is 0 Å². The average molecular weight is 358 g/mol. The first-order valence-corrected chi connectivity index (χ1v) is 7.28. The van der Waals surface area contributed by atoms with Crippen molar-refractivity contribution in [1.29, 1.82) is 0 Å². The predicted molar refractivity (Wildman–Crippen MR) is 83.2 cm³/mol. The van der Waals surface area contributed by atoms with Crippen LogP contribution < -0.4 is 10.6 Å². The van der Waals surface area contributed by atoms with Gasteiger partial charge in [0.05, 0.1) is 5.56 Å². The molecule has 0 unspecified atom stereocenters. The van der Waals surface area contributed by atoms with E-state index in [9.17, 15) is 27.6 Å².